The quantitative estimate of drug-likeness (QED) is 0.882. The highest BCUT2D eigenvalue weighted by atomic mass is 16.1. The minimum Gasteiger partial charge on any atom is -0.378 e. The largest absolute Gasteiger partial charge is 0.378 e. The standard InChI is InChI=1S/C19H24N2O/c1-4-15(16-9-6-5-7-10-16)14-20-19(22)17-11-8-12-18(13-17)21(2)3/h5-13,15H,4,14H2,1-3H3,(H,20,22)/t15-/m1/s1. The van der Waals surface area contributed by atoms with Gasteiger partial charge in [0.05, 0.1) is 0 Å². The summed E-state index contributed by atoms with van der Waals surface area (Å²) in [6.07, 6.45) is 1.00. The fraction of sp³-hybridized carbons (Fsp3) is 0.316. The van der Waals surface area contributed by atoms with Crippen LogP contribution in [0.1, 0.15) is 35.2 Å². The Labute approximate surface area is 133 Å². The van der Waals surface area contributed by atoms with Crippen molar-refractivity contribution in [1.29, 1.82) is 0 Å². The molecule has 0 saturated heterocycles. The van der Waals surface area contributed by atoms with Crippen LogP contribution >= 0.6 is 0 Å². The zero-order chi connectivity index (χ0) is 15.9. The lowest BCUT2D eigenvalue weighted by Crippen LogP contribution is -2.28. The molecule has 22 heavy (non-hydrogen) atoms. The molecule has 0 heterocycles. The van der Waals surface area contributed by atoms with Crippen molar-refractivity contribution in [3.63, 3.8) is 0 Å². The molecule has 2 aromatic carbocycles. The van der Waals surface area contributed by atoms with E-state index < -0.39 is 0 Å². The molecule has 2 rings (SSSR count). The first kappa shape index (κ1) is 16.1. The lowest BCUT2D eigenvalue weighted by atomic mass is 9.96. The molecule has 0 unspecified atom stereocenters. The van der Waals surface area contributed by atoms with Crippen LogP contribution in [0.15, 0.2) is 54.6 Å². The molecule has 1 atom stereocenters. The predicted molar refractivity (Wildman–Crippen MR) is 92.6 cm³/mol. The van der Waals surface area contributed by atoms with E-state index in [1.807, 2.05) is 61.5 Å². The summed E-state index contributed by atoms with van der Waals surface area (Å²) >= 11 is 0. The van der Waals surface area contributed by atoms with Crippen LogP contribution in [0, 0.1) is 0 Å². The second-order valence-electron chi connectivity index (χ2n) is 5.67. The van der Waals surface area contributed by atoms with E-state index in [1.54, 1.807) is 0 Å². The van der Waals surface area contributed by atoms with Gasteiger partial charge in [0.2, 0.25) is 0 Å². The van der Waals surface area contributed by atoms with Crippen LogP contribution < -0.4 is 10.2 Å². The lowest BCUT2D eigenvalue weighted by molar-refractivity contribution is 0.0951. The predicted octanol–water partition coefficient (Wildman–Crippen LogP) is 3.68. The van der Waals surface area contributed by atoms with E-state index in [-0.39, 0.29) is 5.91 Å². The van der Waals surface area contributed by atoms with Gasteiger partial charge >= 0.3 is 0 Å². The van der Waals surface area contributed by atoms with Gasteiger partial charge in [-0.2, -0.15) is 0 Å². The van der Waals surface area contributed by atoms with E-state index in [0.717, 1.165) is 12.1 Å². The van der Waals surface area contributed by atoms with Crippen molar-refractivity contribution in [2.24, 2.45) is 0 Å². The van der Waals surface area contributed by atoms with Crippen LogP contribution in [-0.2, 0) is 0 Å². The molecule has 0 aliphatic carbocycles. The lowest BCUT2D eigenvalue weighted by Gasteiger charge is -2.17. The van der Waals surface area contributed by atoms with Gasteiger partial charge < -0.3 is 10.2 Å². The van der Waals surface area contributed by atoms with Crippen molar-refractivity contribution < 1.29 is 4.79 Å². The first-order valence-electron chi connectivity index (χ1n) is 7.72. The maximum absolute atomic E-state index is 12.3. The minimum absolute atomic E-state index is 0.0157. The zero-order valence-electron chi connectivity index (χ0n) is 13.5. The number of carbonyl (C=O) groups excluding carboxylic acids is 1. The number of anilines is 1. The molecular weight excluding hydrogens is 272 g/mol. The van der Waals surface area contributed by atoms with E-state index in [1.165, 1.54) is 5.56 Å². The van der Waals surface area contributed by atoms with Gasteiger partial charge in [0, 0.05) is 37.8 Å². The Morgan fingerprint density at radius 1 is 1.09 bits per heavy atom. The van der Waals surface area contributed by atoms with Crippen LogP contribution in [0.2, 0.25) is 0 Å². The Bertz CT molecular complexity index is 608. The molecule has 2 aromatic rings. The highest BCUT2D eigenvalue weighted by molar-refractivity contribution is 5.95. The summed E-state index contributed by atoms with van der Waals surface area (Å²) in [5.41, 5.74) is 3.00. The van der Waals surface area contributed by atoms with E-state index in [9.17, 15) is 4.79 Å². The molecule has 0 fully saturated rings. The number of amides is 1. The molecule has 116 valence electrons. The number of nitrogens with one attached hydrogen (secondary N) is 1. The van der Waals surface area contributed by atoms with E-state index >= 15 is 0 Å². The summed E-state index contributed by atoms with van der Waals surface area (Å²) in [5, 5.41) is 3.06. The molecule has 3 heteroatoms. The topological polar surface area (TPSA) is 32.3 Å². The Hall–Kier alpha value is -2.29. The average molecular weight is 296 g/mol. The SMILES string of the molecule is CC[C@H](CNC(=O)c1cccc(N(C)C)c1)c1ccccc1. The van der Waals surface area contributed by atoms with Crippen LogP contribution in [0.25, 0.3) is 0 Å². The fourth-order valence-corrected chi connectivity index (χ4v) is 2.47. The van der Waals surface area contributed by atoms with Crippen LogP contribution in [0.4, 0.5) is 5.69 Å². The monoisotopic (exact) mass is 296 g/mol. The van der Waals surface area contributed by atoms with E-state index in [0.29, 0.717) is 18.0 Å². The van der Waals surface area contributed by atoms with Gasteiger partial charge in [0.15, 0.2) is 0 Å². The third-order valence-electron chi connectivity index (χ3n) is 3.90. The van der Waals surface area contributed by atoms with Crippen molar-refractivity contribution in [3.8, 4) is 0 Å². The number of benzene rings is 2. The smallest absolute Gasteiger partial charge is 0.251 e. The summed E-state index contributed by atoms with van der Waals surface area (Å²) in [5.74, 6) is 0.334. The van der Waals surface area contributed by atoms with Gasteiger partial charge in [-0.1, -0.05) is 43.3 Å². The Balaban J connectivity index is 2.01. The molecule has 0 saturated carbocycles. The highest BCUT2D eigenvalue weighted by Gasteiger charge is 2.12. The van der Waals surface area contributed by atoms with Crippen LogP contribution in [0.3, 0.4) is 0 Å². The van der Waals surface area contributed by atoms with E-state index in [2.05, 4.69) is 24.4 Å². The number of rotatable bonds is 6. The van der Waals surface area contributed by atoms with Gasteiger partial charge in [-0.05, 0) is 30.2 Å². The van der Waals surface area contributed by atoms with Gasteiger partial charge in [-0.25, -0.2) is 0 Å². The van der Waals surface area contributed by atoms with Crippen molar-refractivity contribution >= 4 is 11.6 Å². The molecule has 0 spiro atoms. The molecular formula is C19H24N2O. The van der Waals surface area contributed by atoms with Crippen LogP contribution in [0.5, 0.6) is 0 Å². The number of hydrogen-bond acceptors (Lipinski definition) is 2. The maximum Gasteiger partial charge on any atom is 0.251 e. The second-order valence-corrected chi connectivity index (χ2v) is 5.67. The van der Waals surface area contributed by atoms with Gasteiger partial charge in [0.25, 0.3) is 5.91 Å². The third-order valence-corrected chi connectivity index (χ3v) is 3.90. The normalized spacial score (nSPS) is 11.8. The average Bonchev–Trinajstić information content (AvgIpc) is 2.56. The first-order valence-corrected chi connectivity index (χ1v) is 7.72. The molecule has 0 aliphatic rings. The molecule has 0 aromatic heterocycles. The second kappa shape index (κ2) is 7.64. The Kier molecular flexibility index (Phi) is 5.59. The maximum atomic E-state index is 12.3. The summed E-state index contributed by atoms with van der Waals surface area (Å²) < 4.78 is 0. The van der Waals surface area contributed by atoms with E-state index in [4.69, 9.17) is 0 Å². The molecule has 0 bridgehead atoms. The van der Waals surface area contributed by atoms with Gasteiger partial charge in [-0.15, -0.1) is 0 Å². The number of hydrogen-bond donors (Lipinski definition) is 1. The minimum atomic E-state index is -0.0157. The molecule has 1 amide bonds. The van der Waals surface area contributed by atoms with Crippen molar-refractivity contribution in [3.05, 3.63) is 65.7 Å². The highest BCUT2D eigenvalue weighted by Crippen LogP contribution is 2.18. The third kappa shape index (κ3) is 4.10. The molecule has 0 aliphatic heterocycles. The fourth-order valence-electron chi connectivity index (χ4n) is 2.47. The van der Waals surface area contributed by atoms with Crippen molar-refractivity contribution in [2.75, 3.05) is 25.5 Å². The van der Waals surface area contributed by atoms with Crippen LogP contribution in [-0.4, -0.2) is 26.5 Å². The summed E-state index contributed by atoms with van der Waals surface area (Å²) in [6.45, 7) is 2.81. The zero-order valence-corrected chi connectivity index (χ0v) is 13.5. The number of carbonyl (C=O) groups is 1. The molecule has 3 nitrogen and oxygen atoms in total. The molecule has 1 N–H and O–H groups in total. The van der Waals surface area contributed by atoms with Crippen molar-refractivity contribution in [1.82, 2.24) is 5.32 Å². The van der Waals surface area contributed by atoms with Gasteiger partial charge in [0.1, 0.15) is 0 Å². The summed E-state index contributed by atoms with van der Waals surface area (Å²) in [7, 11) is 3.94. The Morgan fingerprint density at radius 3 is 2.45 bits per heavy atom. The number of nitrogens with zero attached hydrogens (tertiary/aromatic N) is 1. The van der Waals surface area contributed by atoms with Gasteiger partial charge in [-0.3, -0.25) is 4.79 Å². The summed E-state index contributed by atoms with van der Waals surface area (Å²) in [6, 6.07) is 18.0. The van der Waals surface area contributed by atoms with Crippen molar-refractivity contribution in [2.45, 2.75) is 19.3 Å². The summed E-state index contributed by atoms with van der Waals surface area (Å²) in [4.78, 5) is 14.3. The first-order chi connectivity index (χ1) is 10.6. The Morgan fingerprint density at radius 2 is 1.82 bits per heavy atom. The molecule has 0 radical (unpaired) electrons.